The Morgan fingerprint density at radius 3 is 1.95 bits per heavy atom. The van der Waals surface area contributed by atoms with Gasteiger partial charge in [-0.15, -0.1) is 11.3 Å². The zero-order valence-corrected chi connectivity index (χ0v) is 24.2. The molecule has 0 bridgehead atoms. The SMILES string of the molecule is c1ccc(-c2nc(-c3cccc(-c4ccc5c(c4)c4cccc6sc7cccc5c7c64)c3)nc3c2oc2ccccc23)cc1. The number of thiophene rings is 1. The summed E-state index contributed by atoms with van der Waals surface area (Å²) >= 11 is 1.88. The standard InChI is InChI=1S/C40H22N2OS/c1-2-9-23(10-3-1)37-39-38(30-13-4-5-16-32(30)43-39)42-40(41-37)26-12-6-11-24(21-26)25-19-20-27-28-14-7-17-33-35(28)36-29(31(27)22-25)15-8-18-34(36)44-33/h1-22H. The fraction of sp³-hybridized carbons (Fsp3) is 0. The van der Waals surface area contributed by atoms with Crippen molar-refractivity contribution >= 4 is 75.1 Å². The summed E-state index contributed by atoms with van der Waals surface area (Å²) in [7, 11) is 0. The van der Waals surface area contributed by atoms with Crippen LogP contribution < -0.4 is 0 Å². The second-order valence-electron chi connectivity index (χ2n) is 11.3. The second kappa shape index (κ2) is 8.96. The first-order valence-corrected chi connectivity index (χ1v) is 15.6. The van der Waals surface area contributed by atoms with E-state index >= 15 is 0 Å². The van der Waals surface area contributed by atoms with Crippen molar-refractivity contribution in [3.8, 4) is 33.8 Å². The molecule has 0 saturated heterocycles. The van der Waals surface area contributed by atoms with Gasteiger partial charge in [-0.05, 0) is 69.1 Å². The fourth-order valence-corrected chi connectivity index (χ4v) is 8.00. The zero-order chi connectivity index (χ0) is 28.8. The third-order valence-electron chi connectivity index (χ3n) is 8.84. The first kappa shape index (κ1) is 23.9. The number of para-hydroxylation sites is 1. The molecule has 10 rings (SSSR count). The Morgan fingerprint density at radius 2 is 1.11 bits per heavy atom. The molecule has 44 heavy (non-hydrogen) atoms. The number of hydrogen-bond acceptors (Lipinski definition) is 4. The highest BCUT2D eigenvalue weighted by Crippen LogP contribution is 2.45. The van der Waals surface area contributed by atoms with Crippen LogP contribution in [0.1, 0.15) is 0 Å². The molecule has 0 spiro atoms. The van der Waals surface area contributed by atoms with E-state index in [1.165, 1.54) is 47.3 Å². The van der Waals surface area contributed by atoms with Gasteiger partial charge in [0.25, 0.3) is 0 Å². The quantitative estimate of drug-likeness (QED) is 0.196. The predicted octanol–water partition coefficient (Wildman–Crippen LogP) is 11.5. The van der Waals surface area contributed by atoms with Gasteiger partial charge in [0.05, 0.1) is 0 Å². The molecule has 3 nitrogen and oxygen atoms in total. The molecule has 0 atom stereocenters. The number of nitrogens with zero attached hydrogens (tertiary/aromatic N) is 2. The van der Waals surface area contributed by atoms with Crippen molar-refractivity contribution < 1.29 is 4.42 Å². The zero-order valence-electron chi connectivity index (χ0n) is 23.4. The molecule has 0 amide bonds. The van der Waals surface area contributed by atoms with Crippen molar-refractivity contribution in [2.24, 2.45) is 0 Å². The van der Waals surface area contributed by atoms with E-state index in [0.29, 0.717) is 11.4 Å². The summed E-state index contributed by atoms with van der Waals surface area (Å²) < 4.78 is 9.01. The predicted molar refractivity (Wildman–Crippen MR) is 185 cm³/mol. The molecule has 3 aromatic heterocycles. The molecular weight excluding hydrogens is 557 g/mol. The van der Waals surface area contributed by atoms with Crippen LogP contribution in [0.2, 0.25) is 0 Å². The Kier molecular flexibility index (Phi) is 4.87. The third-order valence-corrected chi connectivity index (χ3v) is 9.96. The monoisotopic (exact) mass is 578 g/mol. The molecular formula is C40H22N2OS. The maximum Gasteiger partial charge on any atom is 0.180 e. The number of rotatable bonds is 3. The Balaban J connectivity index is 1.19. The molecule has 0 saturated carbocycles. The summed E-state index contributed by atoms with van der Waals surface area (Å²) in [6, 6.07) is 47.2. The van der Waals surface area contributed by atoms with Crippen LogP contribution in [0.15, 0.2) is 138 Å². The Labute approximate surface area is 256 Å². The molecule has 0 radical (unpaired) electrons. The number of fused-ring (bicyclic) bond motifs is 6. The van der Waals surface area contributed by atoms with Gasteiger partial charge in [0, 0.05) is 36.7 Å². The smallest absolute Gasteiger partial charge is 0.180 e. The summed E-state index contributed by atoms with van der Waals surface area (Å²) in [6.07, 6.45) is 0. The van der Waals surface area contributed by atoms with Crippen LogP contribution in [0.5, 0.6) is 0 Å². The minimum atomic E-state index is 0.682. The van der Waals surface area contributed by atoms with Gasteiger partial charge >= 0.3 is 0 Å². The highest BCUT2D eigenvalue weighted by atomic mass is 32.1. The lowest BCUT2D eigenvalue weighted by Gasteiger charge is -2.12. The maximum absolute atomic E-state index is 6.31. The summed E-state index contributed by atoms with van der Waals surface area (Å²) in [6.45, 7) is 0. The highest BCUT2D eigenvalue weighted by Gasteiger charge is 2.19. The largest absolute Gasteiger partial charge is 0.452 e. The van der Waals surface area contributed by atoms with E-state index in [0.717, 1.165) is 38.9 Å². The number of aromatic nitrogens is 2. The Bertz CT molecular complexity index is 2720. The van der Waals surface area contributed by atoms with E-state index in [9.17, 15) is 0 Å². The molecule has 4 heteroatoms. The van der Waals surface area contributed by atoms with Crippen LogP contribution in [0.25, 0.3) is 97.6 Å². The summed E-state index contributed by atoms with van der Waals surface area (Å²) in [5.41, 5.74) is 7.43. The number of hydrogen-bond donors (Lipinski definition) is 0. The van der Waals surface area contributed by atoms with Crippen molar-refractivity contribution in [2.75, 3.05) is 0 Å². The minimum absolute atomic E-state index is 0.682. The fourth-order valence-electron chi connectivity index (χ4n) is 6.85. The van der Waals surface area contributed by atoms with Gasteiger partial charge in [-0.1, -0.05) is 97.1 Å². The van der Waals surface area contributed by atoms with Gasteiger partial charge in [0.1, 0.15) is 16.8 Å². The third kappa shape index (κ3) is 3.37. The average Bonchev–Trinajstić information content (AvgIpc) is 3.67. The van der Waals surface area contributed by atoms with Crippen molar-refractivity contribution in [1.82, 2.24) is 9.97 Å². The van der Waals surface area contributed by atoms with Gasteiger partial charge in [-0.3, -0.25) is 0 Å². The normalized spacial score (nSPS) is 12.1. The van der Waals surface area contributed by atoms with Gasteiger partial charge in [0.15, 0.2) is 11.4 Å². The lowest BCUT2D eigenvalue weighted by atomic mass is 9.92. The van der Waals surface area contributed by atoms with Gasteiger partial charge in [-0.25, -0.2) is 9.97 Å². The first-order valence-electron chi connectivity index (χ1n) is 14.7. The van der Waals surface area contributed by atoms with Crippen molar-refractivity contribution in [3.63, 3.8) is 0 Å². The van der Waals surface area contributed by atoms with E-state index in [2.05, 4.69) is 97.1 Å². The van der Waals surface area contributed by atoms with E-state index in [1.807, 2.05) is 47.7 Å². The average molecular weight is 579 g/mol. The molecule has 7 aromatic carbocycles. The summed E-state index contributed by atoms with van der Waals surface area (Å²) in [4.78, 5) is 10.2. The summed E-state index contributed by atoms with van der Waals surface area (Å²) in [5.74, 6) is 0.682. The Morgan fingerprint density at radius 1 is 0.455 bits per heavy atom. The summed E-state index contributed by atoms with van der Waals surface area (Å²) in [5, 5.41) is 8.97. The molecule has 0 aliphatic heterocycles. The van der Waals surface area contributed by atoms with Gasteiger partial charge < -0.3 is 4.42 Å². The van der Waals surface area contributed by atoms with Gasteiger partial charge in [-0.2, -0.15) is 0 Å². The van der Waals surface area contributed by atoms with E-state index < -0.39 is 0 Å². The van der Waals surface area contributed by atoms with Crippen LogP contribution >= 0.6 is 11.3 Å². The van der Waals surface area contributed by atoms with Crippen LogP contribution in [0.4, 0.5) is 0 Å². The van der Waals surface area contributed by atoms with Crippen LogP contribution in [-0.4, -0.2) is 9.97 Å². The maximum atomic E-state index is 6.31. The van der Waals surface area contributed by atoms with Crippen molar-refractivity contribution in [2.45, 2.75) is 0 Å². The van der Waals surface area contributed by atoms with Crippen LogP contribution in [0, 0.1) is 0 Å². The molecule has 10 aromatic rings. The van der Waals surface area contributed by atoms with E-state index in [1.54, 1.807) is 0 Å². The molecule has 0 aliphatic rings. The lowest BCUT2D eigenvalue weighted by molar-refractivity contribution is 0.667. The highest BCUT2D eigenvalue weighted by molar-refractivity contribution is 7.26. The van der Waals surface area contributed by atoms with Gasteiger partial charge in [0.2, 0.25) is 0 Å². The first-order chi connectivity index (χ1) is 21.8. The minimum Gasteiger partial charge on any atom is -0.452 e. The molecule has 3 heterocycles. The molecule has 204 valence electrons. The van der Waals surface area contributed by atoms with Crippen LogP contribution in [0.3, 0.4) is 0 Å². The molecule has 0 fully saturated rings. The second-order valence-corrected chi connectivity index (χ2v) is 12.4. The number of furan rings is 1. The van der Waals surface area contributed by atoms with E-state index in [4.69, 9.17) is 14.4 Å². The lowest BCUT2D eigenvalue weighted by Crippen LogP contribution is -1.94. The molecule has 0 unspecified atom stereocenters. The van der Waals surface area contributed by atoms with Crippen LogP contribution in [-0.2, 0) is 0 Å². The number of benzene rings is 7. The molecule has 0 aliphatic carbocycles. The Hall–Kier alpha value is -5.58. The van der Waals surface area contributed by atoms with Crippen molar-refractivity contribution in [3.05, 3.63) is 133 Å². The topological polar surface area (TPSA) is 38.9 Å². The molecule has 0 N–H and O–H groups in total. The van der Waals surface area contributed by atoms with Crippen molar-refractivity contribution in [1.29, 1.82) is 0 Å². The van der Waals surface area contributed by atoms with E-state index in [-0.39, 0.29) is 0 Å².